The number of carbonyl (C=O) groups is 1. The van der Waals surface area contributed by atoms with Crippen LogP contribution in [0.3, 0.4) is 0 Å². The number of aliphatic imine (C=N–C) groups is 1. The molecular formula is C13H16ClN3O3. The van der Waals surface area contributed by atoms with Crippen LogP contribution >= 0.6 is 11.6 Å². The Kier molecular flexibility index (Phi) is 4.92. The zero-order chi connectivity index (χ0) is 14.5. The highest BCUT2D eigenvalue weighted by Crippen LogP contribution is 2.28. The summed E-state index contributed by atoms with van der Waals surface area (Å²) < 4.78 is 10.0. The van der Waals surface area contributed by atoms with Crippen molar-refractivity contribution in [3.8, 4) is 0 Å². The number of amidine groups is 1. The van der Waals surface area contributed by atoms with Crippen molar-refractivity contribution in [1.29, 1.82) is 0 Å². The highest BCUT2D eigenvalue weighted by atomic mass is 35.5. The number of hydrogen-bond acceptors (Lipinski definition) is 5. The predicted molar refractivity (Wildman–Crippen MR) is 75.7 cm³/mol. The quantitative estimate of drug-likeness (QED) is 0.361. The molecule has 0 spiro atoms. The van der Waals surface area contributed by atoms with E-state index in [4.69, 9.17) is 21.1 Å². The molecule has 0 radical (unpaired) electrons. The summed E-state index contributed by atoms with van der Waals surface area (Å²) in [5.41, 5.74) is 0.644. The summed E-state index contributed by atoms with van der Waals surface area (Å²) >= 11 is 6.04. The lowest BCUT2D eigenvalue weighted by atomic mass is 10.2. The molecule has 20 heavy (non-hydrogen) atoms. The second kappa shape index (κ2) is 6.67. The van der Waals surface area contributed by atoms with Gasteiger partial charge in [0.05, 0.1) is 25.9 Å². The number of pyridine rings is 1. The SMILES string of the molecule is COC(=O)c1ccnc(Cl)c1/N=C(\C)N1CCOCC1. The molecule has 0 aliphatic carbocycles. The monoisotopic (exact) mass is 297 g/mol. The Bertz CT molecular complexity index is 528. The first-order valence-corrected chi connectivity index (χ1v) is 6.62. The van der Waals surface area contributed by atoms with Gasteiger partial charge in [-0.3, -0.25) is 0 Å². The third-order valence-corrected chi connectivity index (χ3v) is 3.30. The fourth-order valence-corrected chi connectivity index (χ4v) is 2.13. The van der Waals surface area contributed by atoms with Crippen molar-refractivity contribution < 1.29 is 14.3 Å². The molecule has 0 unspecified atom stereocenters. The Hall–Kier alpha value is -1.66. The van der Waals surface area contributed by atoms with Crippen molar-refractivity contribution in [2.24, 2.45) is 4.99 Å². The Morgan fingerprint density at radius 2 is 2.20 bits per heavy atom. The maximum atomic E-state index is 11.7. The molecule has 1 fully saturated rings. The van der Waals surface area contributed by atoms with Gasteiger partial charge in [-0.25, -0.2) is 14.8 Å². The first-order valence-electron chi connectivity index (χ1n) is 6.24. The van der Waals surface area contributed by atoms with E-state index in [-0.39, 0.29) is 5.15 Å². The number of esters is 1. The highest BCUT2D eigenvalue weighted by Gasteiger charge is 2.17. The molecule has 0 N–H and O–H groups in total. The summed E-state index contributed by atoms with van der Waals surface area (Å²) in [7, 11) is 1.32. The van der Waals surface area contributed by atoms with Crippen LogP contribution in [0.4, 0.5) is 5.69 Å². The van der Waals surface area contributed by atoms with Crippen LogP contribution in [0.25, 0.3) is 0 Å². The Morgan fingerprint density at radius 3 is 2.85 bits per heavy atom. The number of morpholine rings is 1. The van der Waals surface area contributed by atoms with Gasteiger partial charge in [-0.15, -0.1) is 0 Å². The number of nitrogens with zero attached hydrogens (tertiary/aromatic N) is 3. The van der Waals surface area contributed by atoms with E-state index >= 15 is 0 Å². The summed E-state index contributed by atoms with van der Waals surface area (Å²) in [5.74, 6) is 0.288. The lowest BCUT2D eigenvalue weighted by Crippen LogP contribution is -2.39. The van der Waals surface area contributed by atoms with Crippen LogP contribution in [0.2, 0.25) is 5.15 Å². The molecule has 2 heterocycles. The molecule has 108 valence electrons. The van der Waals surface area contributed by atoms with Crippen LogP contribution in [0.1, 0.15) is 17.3 Å². The molecule has 0 bridgehead atoms. The van der Waals surface area contributed by atoms with Crippen molar-refractivity contribution >= 4 is 29.1 Å². The van der Waals surface area contributed by atoms with Crippen molar-refractivity contribution in [1.82, 2.24) is 9.88 Å². The first kappa shape index (κ1) is 14.7. The van der Waals surface area contributed by atoms with Gasteiger partial charge >= 0.3 is 5.97 Å². The van der Waals surface area contributed by atoms with E-state index in [1.165, 1.54) is 13.3 Å². The van der Waals surface area contributed by atoms with Gasteiger partial charge in [0.2, 0.25) is 0 Å². The zero-order valence-corrected chi connectivity index (χ0v) is 12.2. The molecule has 7 heteroatoms. The fraction of sp³-hybridized carbons (Fsp3) is 0.462. The van der Waals surface area contributed by atoms with Crippen molar-refractivity contribution in [2.45, 2.75) is 6.92 Å². The highest BCUT2D eigenvalue weighted by molar-refractivity contribution is 6.32. The van der Waals surface area contributed by atoms with Crippen LogP contribution in [0.15, 0.2) is 17.3 Å². The summed E-state index contributed by atoms with van der Waals surface area (Å²) in [6.45, 7) is 4.73. The van der Waals surface area contributed by atoms with E-state index in [9.17, 15) is 4.79 Å². The fourth-order valence-electron chi connectivity index (χ4n) is 1.93. The summed E-state index contributed by atoms with van der Waals surface area (Å²) in [6.07, 6.45) is 1.46. The second-order valence-electron chi connectivity index (χ2n) is 4.25. The summed E-state index contributed by atoms with van der Waals surface area (Å²) in [4.78, 5) is 22.2. The largest absolute Gasteiger partial charge is 0.465 e. The number of halogens is 1. The lowest BCUT2D eigenvalue weighted by molar-refractivity contribution is 0.0601. The van der Waals surface area contributed by atoms with Crippen LogP contribution in [-0.4, -0.2) is 55.1 Å². The minimum atomic E-state index is -0.483. The number of hydrogen-bond donors (Lipinski definition) is 0. The molecular weight excluding hydrogens is 282 g/mol. The van der Waals surface area contributed by atoms with Gasteiger partial charge in [-0.05, 0) is 13.0 Å². The Morgan fingerprint density at radius 1 is 1.50 bits per heavy atom. The number of carbonyl (C=O) groups excluding carboxylic acids is 1. The van der Waals surface area contributed by atoms with E-state index in [0.29, 0.717) is 24.5 Å². The number of rotatable bonds is 2. The van der Waals surface area contributed by atoms with Crippen LogP contribution in [0, 0.1) is 0 Å². The number of ether oxygens (including phenoxy) is 2. The summed E-state index contributed by atoms with van der Waals surface area (Å²) in [6, 6.07) is 1.54. The molecule has 2 rings (SSSR count). The minimum absolute atomic E-state index is 0.181. The maximum Gasteiger partial charge on any atom is 0.340 e. The normalized spacial score (nSPS) is 16.1. The molecule has 0 amide bonds. The van der Waals surface area contributed by atoms with Gasteiger partial charge in [-0.1, -0.05) is 11.6 Å². The molecule has 0 atom stereocenters. The van der Waals surface area contributed by atoms with Gasteiger partial charge in [0.25, 0.3) is 0 Å². The van der Waals surface area contributed by atoms with Gasteiger partial charge in [0, 0.05) is 19.3 Å². The molecule has 6 nitrogen and oxygen atoms in total. The molecule has 0 aromatic carbocycles. The van der Waals surface area contributed by atoms with E-state index in [1.54, 1.807) is 6.07 Å². The van der Waals surface area contributed by atoms with Crippen LogP contribution in [-0.2, 0) is 9.47 Å². The second-order valence-corrected chi connectivity index (χ2v) is 4.61. The van der Waals surface area contributed by atoms with Gasteiger partial charge in [0.1, 0.15) is 11.5 Å². The lowest BCUT2D eigenvalue weighted by Gasteiger charge is -2.28. The molecule has 1 aliphatic heterocycles. The molecule has 0 saturated carbocycles. The van der Waals surface area contributed by atoms with Gasteiger partial charge in [-0.2, -0.15) is 0 Å². The smallest absolute Gasteiger partial charge is 0.340 e. The van der Waals surface area contributed by atoms with Crippen LogP contribution in [0.5, 0.6) is 0 Å². The minimum Gasteiger partial charge on any atom is -0.465 e. The summed E-state index contributed by atoms with van der Waals surface area (Å²) in [5, 5.41) is 0.181. The van der Waals surface area contributed by atoms with Crippen molar-refractivity contribution in [3.05, 3.63) is 23.0 Å². The first-order chi connectivity index (χ1) is 9.63. The molecule has 1 saturated heterocycles. The maximum absolute atomic E-state index is 11.7. The van der Waals surface area contributed by atoms with Crippen LogP contribution < -0.4 is 0 Å². The molecule has 1 aromatic heterocycles. The Labute approximate surface area is 122 Å². The van der Waals surface area contributed by atoms with E-state index < -0.39 is 5.97 Å². The third-order valence-electron chi connectivity index (χ3n) is 3.03. The van der Waals surface area contributed by atoms with Gasteiger partial charge in [0.15, 0.2) is 5.15 Å². The van der Waals surface area contributed by atoms with Crippen molar-refractivity contribution in [3.63, 3.8) is 0 Å². The molecule has 1 aromatic rings. The van der Waals surface area contributed by atoms with Gasteiger partial charge < -0.3 is 14.4 Å². The van der Waals surface area contributed by atoms with Crippen molar-refractivity contribution in [2.75, 3.05) is 33.4 Å². The third kappa shape index (κ3) is 3.26. The number of aromatic nitrogens is 1. The Balaban J connectivity index is 2.33. The molecule has 1 aliphatic rings. The van der Waals surface area contributed by atoms with E-state index in [0.717, 1.165) is 18.9 Å². The average molecular weight is 298 g/mol. The topological polar surface area (TPSA) is 64.0 Å². The standard InChI is InChI=1S/C13H16ClN3O3/c1-9(17-5-7-20-8-6-17)16-11-10(13(18)19-2)3-4-15-12(11)14/h3-4H,5-8H2,1-2H3/b16-9+. The van der Waals surface area contributed by atoms with E-state index in [2.05, 4.69) is 14.9 Å². The zero-order valence-electron chi connectivity index (χ0n) is 11.4. The average Bonchev–Trinajstić information content (AvgIpc) is 2.49. The predicted octanol–water partition coefficient (Wildman–Crippen LogP) is 1.90. The van der Waals surface area contributed by atoms with E-state index in [1.807, 2.05) is 6.92 Å². The number of methoxy groups -OCH3 is 1.